The fourth-order valence-electron chi connectivity index (χ4n) is 3.53. The van der Waals surface area contributed by atoms with Gasteiger partial charge in [0.05, 0.1) is 18.2 Å². The zero-order valence-electron chi connectivity index (χ0n) is 18.9. The zero-order valence-corrected chi connectivity index (χ0v) is 18.9. The minimum absolute atomic E-state index is 0.379. The van der Waals surface area contributed by atoms with Crippen LogP contribution in [0, 0.1) is 0 Å². The average molecular weight is 463 g/mol. The quantitative estimate of drug-likeness (QED) is 0.260. The second-order valence-corrected chi connectivity index (χ2v) is 7.67. The average Bonchev–Trinajstić information content (AvgIpc) is 2.90. The number of fused-ring (bicyclic) bond motifs is 1. The van der Waals surface area contributed by atoms with Crippen molar-refractivity contribution in [2.24, 2.45) is 0 Å². The molecule has 2 N–H and O–H groups in total. The lowest BCUT2D eigenvalue weighted by molar-refractivity contribution is 0.0601. The molecular formula is C28H22N4O3. The lowest BCUT2D eigenvalue weighted by Crippen LogP contribution is -2.03. The number of anilines is 4. The first-order valence-electron chi connectivity index (χ1n) is 11.0. The van der Waals surface area contributed by atoms with Crippen LogP contribution in [0.3, 0.4) is 0 Å². The highest BCUT2D eigenvalue weighted by molar-refractivity contribution is 5.93. The van der Waals surface area contributed by atoms with Gasteiger partial charge in [0.25, 0.3) is 0 Å². The molecule has 0 spiro atoms. The third kappa shape index (κ3) is 5.20. The Hall–Kier alpha value is -4.91. The molecular weight excluding hydrogens is 440 g/mol. The Bertz CT molecular complexity index is 1450. The van der Waals surface area contributed by atoms with E-state index in [0.717, 1.165) is 33.8 Å². The molecule has 5 rings (SSSR count). The first-order valence-corrected chi connectivity index (χ1v) is 11.0. The van der Waals surface area contributed by atoms with Crippen LogP contribution in [0.5, 0.6) is 11.5 Å². The van der Waals surface area contributed by atoms with Gasteiger partial charge in [-0.3, -0.25) is 0 Å². The molecule has 0 aliphatic heterocycles. The van der Waals surface area contributed by atoms with Gasteiger partial charge in [0.2, 0.25) is 5.95 Å². The Labute approximate surface area is 202 Å². The summed E-state index contributed by atoms with van der Waals surface area (Å²) in [5, 5.41) is 7.47. The molecule has 0 aliphatic rings. The number of rotatable bonds is 7. The summed E-state index contributed by atoms with van der Waals surface area (Å²) in [6.07, 6.45) is 0. The topological polar surface area (TPSA) is 85.4 Å². The first-order chi connectivity index (χ1) is 17.2. The van der Waals surface area contributed by atoms with E-state index in [-0.39, 0.29) is 5.97 Å². The van der Waals surface area contributed by atoms with Gasteiger partial charge in [-0.05, 0) is 72.8 Å². The van der Waals surface area contributed by atoms with Crippen LogP contribution in [0.25, 0.3) is 10.9 Å². The van der Waals surface area contributed by atoms with Crippen LogP contribution < -0.4 is 15.4 Å². The molecule has 0 atom stereocenters. The third-order valence-electron chi connectivity index (χ3n) is 5.26. The summed E-state index contributed by atoms with van der Waals surface area (Å²) in [6.45, 7) is 0. The molecule has 0 radical (unpaired) electrons. The number of aromatic nitrogens is 2. The van der Waals surface area contributed by atoms with E-state index >= 15 is 0 Å². The van der Waals surface area contributed by atoms with E-state index in [1.807, 2.05) is 91.0 Å². The molecule has 4 aromatic carbocycles. The minimum atomic E-state index is -0.379. The highest BCUT2D eigenvalue weighted by Gasteiger charge is 2.10. The Kier molecular flexibility index (Phi) is 6.21. The molecule has 0 fully saturated rings. The van der Waals surface area contributed by atoms with Crippen molar-refractivity contribution in [2.45, 2.75) is 0 Å². The van der Waals surface area contributed by atoms with Gasteiger partial charge in [-0.1, -0.05) is 30.3 Å². The fourth-order valence-corrected chi connectivity index (χ4v) is 3.53. The molecule has 0 saturated carbocycles. The number of hydrogen-bond acceptors (Lipinski definition) is 7. The Morgan fingerprint density at radius 2 is 1.31 bits per heavy atom. The summed E-state index contributed by atoms with van der Waals surface area (Å²) in [7, 11) is 1.36. The number of carbonyl (C=O) groups excluding carboxylic acids is 1. The molecule has 0 aliphatic carbocycles. The Morgan fingerprint density at radius 3 is 2.06 bits per heavy atom. The van der Waals surface area contributed by atoms with Crippen molar-refractivity contribution in [3.8, 4) is 11.5 Å². The van der Waals surface area contributed by atoms with Crippen LogP contribution in [0.4, 0.5) is 23.1 Å². The highest BCUT2D eigenvalue weighted by Crippen LogP contribution is 2.28. The monoisotopic (exact) mass is 462 g/mol. The van der Waals surface area contributed by atoms with E-state index in [1.54, 1.807) is 12.1 Å². The normalized spacial score (nSPS) is 10.5. The summed E-state index contributed by atoms with van der Waals surface area (Å²) in [5.74, 6) is 2.23. The van der Waals surface area contributed by atoms with E-state index < -0.39 is 0 Å². The van der Waals surface area contributed by atoms with E-state index in [0.29, 0.717) is 17.3 Å². The maximum Gasteiger partial charge on any atom is 0.337 e. The highest BCUT2D eigenvalue weighted by atomic mass is 16.5. The Morgan fingerprint density at radius 1 is 0.686 bits per heavy atom. The number of nitrogens with one attached hydrogen (secondary N) is 2. The summed E-state index contributed by atoms with van der Waals surface area (Å²) in [4.78, 5) is 21.1. The third-order valence-corrected chi connectivity index (χ3v) is 5.26. The number of nitrogens with zero attached hydrogens (tertiary/aromatic N) is 2. The maximum atomic E-state index is 11.7. The van der Waals surface area contributed by atoms with Crippen molar-refractivity contribution >= 4 is 40.0 Å². The predicted molar refractivity (Wildman–Crippen MR) is 137 cm³/mol. The van der Waals surface area contributed by atoms with Gasteiger partial charge in [0.1, 0.15) is 17.3 Å². The number of benzene rings is 4. The van der Waals surface area contributed by atoms with Gasteiger partial charge >= 0.3 is 5.97 Å². The maximum absolute atomic E-state index is 11.7. The molecule has 0 amide bonds. The Balaban J connectivity index is 1.37. The van der Waals surface area contributed by atoms with E-state index in [2.05, 4.69) is 15.6 Å². The summed E-state index contributed by atoms with van der Waals surface area (Å²) in [6, 6.07) is 32.0. The molecule has 35 heavy (non-hydrogen) atoms. The molecule has 0 saturated heterocycles. The van der Waals surface area contributed by atoms with E-state index in [4.69, 9.17) is 14.5 Å². The second-order valence-electron chi connectivity index (χ2n) is 7.67. The van der Waals surface area contributed by atoms with Gasteiger partial charge in [0, 0.05) is 16.8 Å². The van der Waals surface area contributed by atoms with Gasteiger partial charge in [-0.15, -0.1) is 0 Å². The lowest BCUT2D eigenvalue weighted by atomic mass is 10.2. The van der Waals surface area contributed by atoms with Crippen molar-refractivity contribution in [3.05, 3.63) is 109 Å². The molecule has 1 aromatic heterocycles. The minimum Gasteiger partial charge on any atom is -0.465 e. The molecule has 7 heteroatoms. The van der Waals surface area contributed by atoms with Crippen LogP contribution in [-0.4, -0.2) is 23.0 Å². The summed E-state index contributed by atoms with van der Waals surface area (Å²) < 4.78 is 10.6. The van der Waals surface area contributed by atoms with Crippen molar-refractivity contribution in [1.29, 1.82) is 0 Å². The molecule has 172 valence electrons. The number of esters is 1. The second kappa shape index (κ2) is 9.93. The number of carbonyl (C=O) groups is 1. The standard InChI is InChI=1S/C28H22N4O3/c1-34-27(33)19-11-13-20(14-12-19)29-26-24-9-5-6-10-25(24)31-28(32-26)30-21-15-17-23(18-16-21)35-22-7-3-2-4-8-22/h2-18H,1H3,(H2,29,30,31,32). The molecule has 7 nitrogen and oxygen atoms in total. The van der Waals surface area contributed by atoms with E-state index in [1.165, 1.54) is 7.11 Å². The van der Waals surface area contributed by atoms with Crippen LogP contribution in [-0.2, 0) is 4.74 Å². The summed E-state index contributed by atoms with van der Waals surface area (Å²) in [5.41, 5.74) is 2.89. The predicted octanol–water partition coefficient (Wildman–Crippen LogP) is 6.70. The van der Waals surface area contributed by atoms with Gasteiger partial charge in [-0.25, -0.2) is 9.78 Å². The van der Waals surface area contributed by atoms with Crippen molar-refractivity contribution in [2.75, 3.05) is 17.7 Å². The molecule has 5 aromatic rings. The smallest absolute Gasteiger partial charge is 0.337 e. The molecule has 0 unspecified atom stereocenters. The van der Waals surface area contributed by atoms with Gasteiger partial charge < -0.3 is 20.1 Å². The summed E-state index contributed by atoms with van der Waals surface area (Å²) >= 11 is 0. The lowest BCUT2D eigenvalue weighted by Gasteiger charge is -2.13. The van der Waals surface area contributed by atoms with Gasteiger partial charge in [-0.2, -0.15) is 4.98 Å². The number of ether oxygens (including phenoxy) is 2. The van der Waals surface area contributed by atoms with E-state index in [9.17, 15) is 4.79 Å². The zero-order chi connectivity index (χ0) is 24.0. The molecule has 1 heterocycles. The van der Waals surface area contributed by atoms with Crippen molar-refractivity contribution in [3.63, 3.8) is 0 Å². The van der Waals surface area contributed by atoms with Crippen LogP contribution in [0.15, 0.2) is 103 Å². The first kappa shape index (κ1) is 21.9. The van der Waals surface area contributed by atoms with Gasteiger partial charge in [0.15, 0.2) is 0 Å². The SMILES string of the molecule is COC(=O)c1ccc(Nc2nc(Nc3ccc(Oc4ccccc4)cc3)nc3ccccc23)cc1. The fraction of sp³-hybridized carbons (Fsp3) is 0.0357. The van der Waals surface area contributed by atoms with Crippen molar-refractivity contribution in [1.82, 2.24) is 9.97 Å². The number of para-hydroxylation sites is 2. The number of hydrogen-bond donors (Lipinski definition) is 2. The van der Waals surface area contributed by atoms with Crippen LogP contribution in [0.2, 0.25) is 0 Å². The van der Waals surface area contributed by atoms with Crippen LogP contribution >= 0.6 is 0 Å². The largest absolute Gasteiger partial charge is 0.465 e. The molecule has 0 bridgehead atoms. The number of methoxy groups -OCH3 is 1. The van der Waals surface area contributed by atoms with Crippen molar-refractivity contribution < 1.29 is 14.3 Å². The van der Waals surface area contributed by atoms with Crippen LogP contribution in [0.1, 0.15) is 10.4 Å².